The summed E-state index contributed by atoms with van der Waals surface area (Å²) in [6, 6.07) is 5.93. The second kappa shape index (κ2) is 12.3. The van der Waals surface area contributed by atoms with Crippen molar-refractivity contribution < 1.29 is 14.3 Å². The number of amides is 1. The molecule has 0 radical (unpaired) electrons. The maximum Gasteiger partial charge on any atom is 0.229 e. The Bertz CT molecular complexity index is 810. The van der Waals surface area contributed by atoms with Gasteiger partial charge in [0.2, 0.25) is 5.91 Å². The van der Waals surface area contributed by atoms with E-state index in [1.165, 1.54) is 43.4 Å². The number of benzene rings is 1. The third kappa shape index (κ3) is 7.42. The summed E-state index contributed by atoms with van der Waals surface area (Å²) in [4.78, 5) is 17.3. The molecule has 0 unspecified atom stereocenters. The van der Waals surface area contributed by atoms with Crippen LogP contribution in [0.1, 0.15) is 63.1 Å². The molecule has 2 aromatic rings. The summed E-state index contributed by atoms with van der Waals surface area (Å²) in [7, 11) is 3.32. The number of nitrogens with zero attached hydrogens (tertiary/aromatic N) is 1. The van der Waals surface area contributed by atoms with Crippen LogP contribution in [0.3, 0.4) is 0 Å². The van der Waals surface area contributed by atoms with Crippen molar-refractivity contribution in [2.24, 2.45) is 11.8 Å². The van der Waals surface area contributed by atoms with Crippen LogP contribution in [0.15, 0.2) is 23.6 Å². The highest BCUT2D eigenvalue weighted by atomic mass is 32.2. The van der Waals surface area contributed by atoms with E-state index in [-0.39, 0.29) is 11.8 Å². The van der Waals surface area contributed by atoms with Crippen LogP contribution in [0.25, 0.3) is 0 Å². The molecule has 1 amide bonds. The van der Waals surface area contributed by atoms with Crippen molar-refractivity contribution in [2.75, 3.05) is 19.5 Å². The molecule has 31 heavy (non-hydrogen) atoms. The molecule has 0 bridgehead atoms. The summed E-state index contributed by atoms with van der Waals surface area (Å²) in [5.41, 5.74) is 2.16. The molecule has 0 atom stereocenters. The van der Waals surface area contributed by atoms with Gasteiger partial charge in [-0.2, -0.15) is 11.8 Å². The lowest BCUT2D eigenvalue weighted by atomic mass is 9.79. The molecule has 0 saturated heterocycles. The maximum atomic E-state index is 12.6. The van der Waals surface area contributed by atoms with Crippen LogP contribution >= 0.6 is 23.1 Å². The van der Waals surface area contributed by atoms with Gasteiger partial charge in [0.25, 0.3) is 0 Å². The van der Waals surface area contributed by atoms with Gasteiger partial charge in [0.15, 0.2) is 5.13 Å². The molecule has 1 N–H and O–H groups in total. The van der Waals surface area contributed by atoms with E-state index in [2.05, 4.69) is 17.2 Å². The van der Waals surface area contributed by atoms with E-state index < -0.39 is 0 Å². The van der Waals surface area contributed by atoms with E-state index in [0.717, 1.165) is 58.2 Å². The lowest BCUT2D eigenvalue weighted by Crippen LogP contribution is -2.27. The second-order valence-corrected chi connectivity index (χ2v) is 10.1. The minimum absolute atomic E-state index is 0.141. The van der Waals surface area contributed by atoms with Crippen molar-refractivity contribution in [1.82, 2.24) is 4.98 Å². The van der Waals surface area contributed by atoms with Gasteiger partial charge in [0, 0.05) is 28.9 Å². The molecule has 5 nitrogen and oxygen atoms in total. The number of aromatic nitrogens is 1. The van der Waals surface area contributed by atoms with E-state index in [4.69, 9.17) is 9.47 Å². The summed E-state index contributed by atoms with van der Waals surface area (Å²) < 4.78 is 10.7. The number of thiazole rings is 1. The molecule has 1 saturated carbocycles. The summed E-state index contributed by atoms with van der Waals surface area (Å²) in [5, 5.41) is 5.81. The Hall–Kier alpha value is -1.73. The number of thioether (sulfide) groups is 1. The third-order valence-corrected chi connectivity index (χ3v) is 7.74. The number of carbonyl (C=O) groups is 1. The van der Waals surface area contributed by atoms with E-state index in [1.54, 1.807) is 26.0 Å². The number of methoxy groups -OCH3 is 2. The molecule has 1 fully saturated rings. The highest BCUT2D eigenvalue weighted by Crippen LogP contribution is 2.33. The Morgan fingerprint density at radius 2 is 1.84 bits per heavy atom. The first-order valence-electron chi connectivity index (χ1n) is 11.2. The smallest absolute Gasteiger partial charge is 0.229 e. The molecular formula is C24H34N2O3S2. The molecule has 170 valence electrons. The molecule has 1 aliphatic rings. The molecule has 1 heterocycles. The fourth-order valence-electron chi connectivity index (χ4n) is 4.07. The predicted octanol–water partition coefficient (Wildman–Crippen LogP) is 6.53. The predicted molar refractivity (Wildman–Crippen MR) is 130 cm³/mol. The van der Waals surface area contributed by atoms with Gasteiger partial charge in [-0.05, 0) is 49.3 Å². The van der Waals surface area contributed by atoms with Crippen molar-refractivity contribution in [3.8, 4) is 11.5 Å². The van der Waals surface area contributed by atoms with Crippen molar-refractivity contribution in [2.45, 2.75) is 63.4 Å². The van der Waals surface area contributed by atoms with E-state index >= 15 is 0 Å². The number of anilines is 1. The van der Waals surface area contributed by atoms with Crippen LogP contribution in [-0.2, 0) is 16.3 Å². The zero-order chi connectivity index (χ0) is 22.1. The normalized spacial score (nSPS) is 18.5. The zero-order valence-corrected chi connectivity index (χ0v) is 20.4. The molecule has 7 heteroatoms. The maximum absolute atomic E-state index is 12.6. The van der Waals surface area contributed by atoms with Gasteiger partial charge in [0.1, 0.15) is 11.5 Å². The first kappa shape index (κ1) is 23.9. The van der Waals surface area contributed by atoms with Crippen LogP contribution in [0, 0.1) is 11.8 Å². The second-order valence-electron chi connectivity index (χ2n) is 8.21. The molecule has 0 aliphatic heterocycles. The van der Waals surface area contributed by atoms with Crippen molar-refractivity contribution >= 4 is 34.1 Å². The van der Waals surface area contributed by atoms with Gasteiger partial charge in [-0.15, -0.1) is 11.3 Å². The van der Waals surface area contributed by atoms with Gasteiger partial charge in [-0.1, -0.05) is 26.2 Å². The highest BCUT2D eigenvalue weighted by molar-refractivity contribution is 7.97. The quantitative estimate of drug-likeness (QED) is 0.411. The van der Waals surface area contributed by atoms with Crippen LogP contribution < -0.4 is 14.8 Å². The molecular weight excluding hydrogens is 428 g/mol. The Morgan fingerprint density at radius 1 is 1.13 bits per heavy atom. The number of nitrogens with one attached hydrogen (secondary N) is 1. The first-order valence-corrected chi connectivity index (χ1v) is 13.2. The Balaban J connectivity index is 1.43. The lowest BCUT2D eigenvalue weighted by Gasteiger charge is -2.27. The Labute approximate surface area is 194 Å². The van der Waals surface area contributed by atoms with Gasteiger partial charge < -0.3 is 14.8 Å². The van der Waals surface area contributed by atoms with Crippen LogP contribution in [0.2, 0.25) is 0 Å². The standard InChI is InChI=1S/C24H34N2O3S2/c1-4-5-6-17-7-9-19(10-8-17)23(27)26-24-25-20(16-31-24)15-30-14-18-11-21(28-2)13-22(12-18)29-3/h11-13,16-17,19H,4-10,14-15H2,1-3H3,(H,25,26,27). The summed E-state index contributed by atoms with van der Waals surface area (Å²) in [5.74, 6) is 4.34. The number of hydrogen-bond acceptors (Lipinski definition) is 6. The van der Waals surface area contributed by atoms with Gasteiger partial charge in [-0.3, -0.25) is 4.79 Å². The zero-order valence-electron chi connectivity index (χ0n) is 18.8. The van der Waals surface area contributed by atoms with Crippen molar-refractivity contribution in [1.29, 1.82) is 0 Å². The number of carbonyl (C=O) groups excluding carboxylic acids is 1. The average molecular weight is 463 g/mol. The Kier molecular flexibility index (Phi) is 9.53. The van der Waals surface area contributed by atoms with Crippen LogP contribution in [0.4, 0.5) is 5.13 Å². The van der Waals surface area contributed by atoms with Crippen LogP contribution in [-0.4, -0.2) is 25.1 Å². The minimum Gasteiger partial charge on any atom is -0.497 e. The largest absolute Gasteiger partial charge is 0.497 e. The van der Waals surface area contributed by atoms with Crippen molar-refractivity contribution in [3.05, 3.63) is 34.8 Å². The summed E-state index contributed by atoms with van der Waals surface area (Å²) in [6.45, 7) is 2.25. The van der Waals surface area contributed by atoms with Crippen LogP contribution in [0.5, 0.6) is 11.5 Å². The van der Waals surface area contributed by atoms with E-state index in [1.807, 2.05) is 23.6 Å². The van der Waals surface area contributed by atoms with Crippen molar-refractivity contribution in [3.63, 3.8) is 0 Å². The molecule has 3 rings (SSSR count). The number of rotatable bonds is 11. The summed E-state index contributed by atoms with van der Waals surface area (Å²) in [6.07, 6.45) is 8.29. The minimum atomic E-state index is 0.141. The number of ether oxygens (including phenoxy) is 2. The first-order chi connectivity index (χ1) is 15.1. The highest BCUT2D eigenvalue weighted by Gasteiger charge is 2.26. The van der Waals surface area contributed by atoms with Gasteiger partial charge >= 0.3 is 0 Å². The van der Waals surface area contributed by atoms with Gasteiger partial charge in [0.05, 0.1) is 19.9 Å². The molecule has 1 aliphatic carbocycles. The third-order valence-electron chi connectivity index (χ3n) is 5.90. The fourth-order valence-corrected chi connectivity index (χ4v) is 5.75. The number of hydrogen-bond donors (Lipinski definition) is 1. The molecule has 1 aromatic heterocycles. The fraction of sp³-hybridized carbons (Fsp3) is 0.583. The van der Waals surface area contributed by atoms with Gasteiger partial charge in [-0.25, -0.2) is 4.98 Å². The topological polar surface area (TPSA) is 60.5 Å². The average Bonchev–Trinajstić information content (AvgIpc) is 3.24. The SMILES string of the molecule is CCCCC1CCC(C(=O)Nc2nc(CSCc3cc(OC)cc(OC)c3)cs2)CC1. The van der Waals surface area contributed by atoms with E-state index in [0.29, 0.717) is 0 Å². The monoisotopic (exact) mass is 462 g/mol. The number of unbranched alkanes of at least 4 members (excludes halogenated alkanes) is 1. The molecule has 0 spiro atoms. The Morgan fingerprint density at radius 3 is 2.48 bits per heavy atom. The molecule has 1 aromatic carbocycles. The van der Waals surface area contributed by atoms with E-state index in [9.17, 15) is 4.79 Å². The summed E-state index contributed by atoms with van der Waals surface area (Å²) >= 11 is 3.30. The lowest BCUT2D eigenvalue weighted by molar-refractivity contribution is -0.121.